The summed E-state index contributed by atoms with van der Waals surface area (Å²) < 4.78 is 11.2. The number of rotatable bonds is 6. The number of hydrogen-bond acceptors (Lipinski definition) is 5. The van der Waals surface area contributed by atoms with Gasteiger partial charge in [0.05, 0.1) is 6.61 Å². The normalized spacial score (nSPS) is 11.2. The predicted octanol–water partition coefficient (Wildman–Crippen LogP) is 2.15. The Morgan fingerprint density at radius 1 is 1.24 bits per heavy atom. The summed E-state index contributed by atoms with van der Waals surface area (Å²) in [7, 11) is 0. The van der Waals surface area contributed by atoms with Crippen LogP contribution in [0.3, 0.4) is 0 Å². The number of oxime groups is 1. The average Bonchev–Trinajstić information content (AvgIpc) is 2.54. The van der Waals surface area contributed by atoms with E-state index < -0.39 is 0 Å². The van der Waals surface area contributed by atoms with Gasteiger partial charge in [0.25, 0.3) is 0 Å². The van der Waals surface area contributed by atoms with E-state index in [1.54, 1.807) is 18.3 Å². The van der Waals surface area contributed by atoms with Gasteiger partial charge in [0.1, 0.15) is 12.3 Å². The topological polar surface area (TPSA) is 90.0 Å². The lowest BCUT2D eigenvalue weighted by atomic mass is 10.2. The van der Waals surface area contributed by atoms with E-state index in [1.807, 2.05) is 31.2 Å². The van der Waals surface area contributed by atoms with Crippen LogP contribution in [0, 0.1) is 0 Å². The summed E-state index contributed by atoms with van der Waals surface area (Å²) in [4.78, 5) is 4.02. The molecule has 0 fully saturated rings. The lowest BCUT2D eigenvalue weighted by Crippen LogP contribution is -2.15. The fourth-order valence-corrected chi connectivity index (χ4v) is 1.76. The molecule has 6 heteroatoms. The van der Waals surface area contributed by atoms with Crippen molar-refractivity contribution in [2.75, 3.05) is 6.61 Å². The molecule has 0 spiro atoms. The van der Waals surface area contributed by atoms with E-state index >= 15 is 0 Å². The minimum absolute atomic E-state index is 0.0356. The van der Waals surface area contributed by atoms with Crippen molar-refractivity contribution >= 4 is 5.84 Å². The highest BCUT2D eigenvalue weighted by atomic mass is 16.5. The zero-order chi connectivity index (χ0) is 15.1. The Balaban J connectivity index is 2.10. The van der Waals surface area contributed by atoms with E-state index in [1.165, 1.54) is 0 Å². The fraction of sp³-hybridized carbons (Fsp3) is 0.200. The van der Waals surface area contributed by atoms with Crippen molar-refractivity contribution in [2.24, 2.45) is 10.9 Å². The number of para-hydroxylation sites is 2. The molecule has 1 aromatic heterocycles. The Kier molecular flexibility index (Phi) is 4.98. The standard InChI is InChI=1S/C15H17N3O3/c1-2-20-13-5-3-4-6-14(13)21-10-11-7-8-17-12(9-11)15(16)18-19/h3-9,19H,2,10H2,1H3,(H2,16,18). The molecule has 0 aliphatic heterocycles. The van der Waals surface area contributed by atoms with Gasteiger partial charge in [0.15, 0.2) is 17.3 Å². The van der Waals surface area contributed by atoms with Crippen LogP contribution in [-0.2, 0) is 6.61 Å². The summed E-state index contributed by atoms with van der Waals surface area (Å²) in [5.41, 5.74) is 6.77. The quantitative estimate of drug-likeness (QED) is 0.368. The van der Waals surface area contributed by atoms with Gasteiger partial charge in [-0.2, -0.15) is 0 Å². The molecule has 0 aliphatic carbocycles. The minimum atomic E-state index is -0.0356. The molecule has 0 saturated heterocycles. The number of ether oxygens (including phenoxy) is 2. The van der Waals surface area contributed by atoms with Crippen molar-refractivity contribution in [3.63, 3.8) is 0 Å². The van der Waals surface area contributed by atoms with E-state index in [4.69, 9.17) is 20.4 Å². The Bertz CT molecular complexity index is 629. The first kappa shape index (κ1) is 14.6. The molecule has 1 heterocycles. The molecule has 0 unspecified atom stereocenters. The summed E-state index contributed by atoms with van der Waals surface area (Å²) >= 11 is 0. The molecule has 0 bridgehead atoms. The van der Waals surface area contributed by atoms with Crippen LogP contribution < -0.4 is 15.2 Å². The second-order valence-corrected chi connectivity index (χ2v) is 4.20. The number of hydrogen-bond donors (Lipinski definition) is 2. The molecule has 2 rings (SSSR count). The molecule has 0 atom stereocenters. The van der Waals surface area contributed by atoms with Crippen LogP contribution in [0.4, 0.5) is 0 Å². The van der Waals surface area contributed by atoms with E-state index in [-0.39, 0.29) is 5.84 Å². The number of nitrogens with zero attached hydrogens (tertiary/aromatic N) is 2. The number of pyridine rings is 1. The summed E-state index contributed by atoms with van der Waals surface area (Å²) in [6.45, 7) is 2.82. The number of benzene rings is 1. The molecule has 0 saturated carbocycles. The van der Waals surface area contributed by atoms with Crippen molar-refractivity contribution in [2.45, 2.75) is 13.5 Å². The monoisotopic (exact) mass is 287 g/mol. The van der Waals surface area contributed by atoms with Gasteiger partial charge in [0, 0.05) is 6.20 Å². The largest absolute Gasteiger partial charge is 0.490 e. The lowest BCUT2D eigenvalue weighted by molar-refractivity contribution is 0.269. The maximum Gasteiger partial charge on any atom is 0.188 e. The molecule has 0 aliphatic rings. The first-order valence-electron chi connectivity index (χ1n) is 6.52. The van der Waals surface area contributed by atoms with E-state index in [9.17, 15) is 0 Å². The third-order valence-corrected chi connectivity index (χ3v) is 2.74. The lowest BCUT2D eigenvalue weighted by Gasteiger charge is -2.11. The molecule has 110 valence electrons. The second kappa shape index (κ2) is 7.14. The van der Waals surface area contributed by atoms with Crippen LogP contribution in [0.1, 0.15) is 18.2 Å². The zero-order valence-electron chi connectivity index (χ0n) is 11.7. The van der Waals surface area contributed by atoms with Crippen molar-refractivity contribution in [1.29, 1.82) is 0 Å². The number of aromatic nitrogens is 1. The molecule has 6 nitrogen and oxygen atoms in total. The van der Waals surface area contributed by atoms with Crippen molar-refractivity contribution < 1.29 is 14.7 Å². The second-order valence-electron chi connectivity index (χ2n) is 4.20. The van der Waals surface area contributed by atoms with Crippen molar-refractivity contribution in [1.82, 2.24) is 4.98 Å². The van der Waals surface area contributed by atoms with Crippen LogP contribution in [0.5, 0.6) is 11.5 Å². The summed E-state index contributed by atoms with van der Waals surface area (Å²) in [5.74, 6) is 1.33. The van der Waals surface area contributed by atoms with Gasteiger partial charge < -0.3 is 20.4 Å². The number of nitrogens with two attached hydrogens (primary N) is 1. The van der Waals surface area contributed by atoms with Crippen LogP contribution in [0.2, 0.25) is 0 Å². The van der Waals surface area contributed by atoms with Gasteiger partial charge in [-0.1, -0.05) is 17.3 Å². The molecule has 21 heavy (non-hydrogen) atoms. The summed E-state index contributed by atoms with van der Waals surface area (Å²) in [6.07, 6.45) is 1.58. The Labute approximate surface area is 122 Å². The van der Waals surface area contributed by atoms with Crippen molar-refractivity contribution in [3.8, 4) is 11.5 Å². The first-order valence-corrected chi connectivity index (χ1v) is 6.52. The van der Waals surface area contributed by atoms with Crippen LogP contribution in [-0.4, -0.2) is 22.6 Å². The maximum atomic E-state index is 8.66. The Morgan fingerprint density at radius 3 is 2.62 bits per heavy atom. The van der Waals surface area contributed by atoms with Crippen LogP contribution >= 0.6 is 0 Å². The van der Waals surface area contributed by atoms with Gasteiger partial charge in [-0.15, -0.1) is 0 Å². The van der Waals surface area contributed by atoms with E-state index in [0.29, 0.717) is 30.4 Å². The van der Waals surface area contributed by atoms with Crippen molar-refractivity contribution in [3.05, 3.63) is 53.9 Å². The van der Waals surface area contributed by atoms with Gasteiger partial charge >= 0.3 is 0 Å². The first-order chi connectivity index (χ1) is 10.2. The SMILES string of the molecule is CCOc1ccccc1OCc1ccnc(C(N)=NO)c1. The van der Waals surface area contributed by atoms with Crippen LogP contribution in [0.15, 0.2) is 47.8 Å². The maximum absolute atomic E-state index is 8.66. The number of amidine groups is 1. The summed E-state index contributed by atoms with van der Waals surface area (Å²) in [5, 5.41) is 11.6. The molecule has 3 N–H and O–H groups in total. The van der Waals surface area contributed by atoms with Gasteiger partial charge in [-0.3, -0.25) is 4.98 Å². The predicted molar refractivity (Wildman–Crippen MR) is 78.7 cm³/mol. The minimum Gasteiger partial charge on any atom is -0.490 e. The molecule has 0 radical (unpaired) electrons. The highest BCUT2D eigenvalue weighted by Crippen LogP contribution is 2.27. The van der Waals surface area contributed by atoms with Gasteiger partial charge in [-0.05, 0) is 36.8 Å². The Morgan fingerprint density at radius 2 is 1.95 bits per heavy atom. The molecule has 0 amide bonds. The average molecular weight is 287 g/mol. The van der Waals surface area contributed by atoms with E-state index in [2.05, 4.69) is 10.1 Å². The fourth-order valence-electron chi connectivity index (χ4n) is 1.76. The van der Waals surface area contributed by atoms with Crippen LogP contribution in [0.25, 0.3) is 0 Å². The molecular formula is C15H17N3O3. The molecule has 2 aromatic rings. The Hall–Kier alpha value is -2.76. The zero-order valence-corrected chi connectivity index (χ0v) is 11.7. The third-order valence-electron chi connectivity index (χ3n) is 2.74. The smallest absolute Gasteiger partial charge is 0.188 e. The summed E-state index contributed by atoms with van der Waals surface area (Å²) in [6, 6.07) is 11.0. The van der Waals surface area contributed by atoms with Gasteiger partial charge in [-0.25, -0.2) is 0 Å². The van der Waals surface area contributed by atoms with Gasteiger partial charge in [0.2, 0.25) is 0 Å². The highest BCUT2D eigenvalue weighted by Gasteiger charge is 2.06. The van der Waals surface area contributed by atoms with E-state index in [0.717, 1.165) is 5.56 Å². The molecule has 1 aromatic carbocycles. The third kappa shape index (κ3) is 3.85. The highest BCUT2D eigenvalue weighted by molar-refractivity contribution is 5.95. The molecular weight excluding hydrogens is 270 g/mol.